The first-order valence-electron chi connectivity index (χ1n) is 10.8. The summed E-state index contributed by atoms with van der Waals surface area (Å²) >= 11 is 0. The second-order valence-corrected chi connectivity index (χ2v) is 7.83. The molecular formula is C29H28N2. The molecule has 1 unspecified atom stereocenters. The molecule has 0 amide bonds. The number of nitrogens with zero attached hydrogens (tertiary/aromatic N) is 2. The maximum absolute atomic E-state index is 4.80. The monoisotopic (exact) mass is 404 g/mol. The molecule has 1 aromatic heterocycles. The van der Waals surface area contributed by atoms with Crippen LogP contribution in [0, 0.1) is 0 Å². The van der Waals surface area contributed by atoms with E-state index in [1.54, 1.807) is 0 Å². The van der Waals surface area contributed by atoms with Crippen LogP contribution >= 0.6 is 0 Å². The number of hydrogen-bond donors (Lipinski definition) is 0. The molecule has 1 atom stereocenters. The number of pyridine rings is 1. The van der Waals surface area contributed by atoms with Crippen LogP contribution in [-0.4, -0.2) is 4.98 Å². The third-order valence-corrected chi connectivity index (χ3v) is 5.41. The maximum Gasteiger partial charge on any atom is 0.0559 e. The molecule has 0 saturated heterocycles. The zero-order valence-electron chi connectivity index (χ0n) is 17.9. The van der Waals surface area contributed by atoms with Gasteiger partial charge in [0.2, 0.25) is 0 Å². The van der Waals surface area contributed by atoms with Gasteiger partial charge in [0.25, 0.3) is 0 Å². The fraction of sp³-hybridized carbons (Fsp3) is 0.138. The van der Waals surface area contributed by atoms with Crippen molar-refractivity contribution in [3.8, 4) is 0 Å². The van der Waals surface area contributed by atoms with Gasteiger partial charge in [0.05, 0.1) is 11.9 Å². The van der Waals surface area contributed by atoms with Crippen LogP contribution in [-0.2, 0) is 13.1 Å². The van der Waals surface area contributed by atoms with Crippen molar-refractivity contribution in [3.05, 3.63) is 138 Å². The summed E-state index contributed by atoms with van der Waals surface area (Å²) in [5, 5.41) is 0. The minimum atomic E-state index is 0.256. The Bertz CT molecular complexity index is 1030. The molecule has 0 N–H and O–H groups in total. The molecule has 31 heavy (non-hydrogen) atoms. The van der Waals surface area contributed by atoms with E-state index >= 15 is 0 Å². The summed E-state index contributed by atoms with van der Waals surface area (Å²) in [6, 6.07) is 36.0. The molecule has 0 aliphatic rings. The molecule has 154 valence electrons. The summed E-state index contributed by atoms with van der Waals surface area (Å²) in [5.74, 6) is 0.256. The normalized spacial score (nSPS) is 12.0. The maximum atomic E-state index is 4.80. The van der Waals surface area contributed by atoms with E-state index in [2.05, 4.69) is 121 Å². The van der Waals surface area contributed by atoms with Crippen molar-refractivity contribution in [3.63, 3.8) is 0 Å². The zero-order chi connectivity index (χ0) is 21.3. The quantitative estimate of drug-likeness (QED) is 0.311. The molecule has 0 bridgehead atoms. The van der Waals surface area contributed by atoms with Gasteiger partial charge in [0.1, 0.15) is 0 Å². The summed E-state index contributed by atoms with van der Waals surface area (Å²) in [5.41, 5.74) is 6.01. The van der Waals surface area contributed by atoms with Gasteiger partial charge >= 0.3 is 0 Å². The van der Waals surface area contributed by atoms with Gasteiger partial charge < -0.3 is 4.90 Å². The highest BCUT2D eigenvalue weighted by molar-refractivity contribution is 5.51. The van der Waals surface area contributed by atoms with Crippen LogP contribution in [0.4, 0.5) is 5.69 Å². The lowest BCUT2D eigenvalue weighted by Gasteiger charge is -2.25. The average molecular weight is 405 g/mol. The fourth-order valence-corrected chi connectivity index (χ4v) is 3.62. The summed E-state index contributed by atoms with van der Waals surface area (Å²) in [4.78, 5) is 7.18. The predicted molar refractivity (Wildman–Crippen MR) is 131 cm³/mol. The van der Waals surface area contributed by atoms with Crippen molar-refractivity contribution in [1.29, 1.82) is 0 Å². The average Bonchev–Trinajstić information content (AvgIpc) is 2.84. The summed E-state index contributed by atoms with van der Waals surface area (Å²) in [6.45, 7) is 3.88. The Labute approximate surface area is 185 Å². The van der Waals surface area contributed by atoms with Gasteiger partial charge in [0, 0.05) is 24.7 Å². The molecule has 0 radical (unpaired) electrons. The Kier molecular flexibility index (Phi) is 6.92. The molecular weight excluding hydrogens is 376 g/mol. The minimum absolute atomic E-state index is 0.256. The second kappa shape index (κ2) is 10.4. The summed E-state index contributed by atoms with van der Waals surface area (Å²) < 4.78 is 0. The van der Waals surface area contributed by atoms with Gasteiger partial charge in [-0.2, -0.15) is 0 Å². The number of rotatable bonds is 8. The molecule has 1 heterocycles. The van der Waals surface area contributed by atoms with E-state index in [1.165, 1.54) is 16.7 Å². The second-order valence-electron chi connectivity index (χ2n) is 7.83. The minimum Gasteiger partial charge on any atom is -0.362 e. The third-order valence-electron chi connectivity index (χ3n) is 5.41. The van der Waals surface area contributed by atoms with Crippen LogP contribution in [0.2, 0.25) is 0 Å². The van der Waals surface area contributed by atoms with Crippen molar-refractivity contribution in [2.75, 3.05) is 4.90 Å². The van der Waals surface area contributed by atoms with Crippen LogP contribution in [0.25, 0.3) is 6.08 Å². The lowest BCUT2D eigenvalue weighted by atomic mass is 10.0. The smallest absolute Gasteiger partial charge is 0.0559 e. The van der Waals surface area contributed by atoms with Crippen LogP contribution in [0.15, 0.2) is 115 Å². The van der Waals surface area contributed by atoms with Crippen molar-refractivity contribution in [1.82, 2.24) is 4.98 Å². The van der Waals surface area contributed by atoms with E-state index in [1.807, 2.05) is 12.3 Å². The van der Waals surface area contributed by atoms with Crippen molar-refractivity contribution in [2.24, 2.45) is 0 Å². The third kappa shape index (κ3) is 5.93. The molecule has 0 fully saturated rings. The van der Waals surface area contributed by atoms with Gasteiger partial charge in [-0.15, -0.1) is 0 Å². The van der Waals surface area contributed by atoms with E-state index in [9.17, 15) is 0 Å². The highest BCUT2D eigenvalue weighted by Crippen LogP contribution is 2.23. The van der Waals surface area contributed by atoms with Gasteiger partial charge in [-0.25, -0.2) is 0 Å². The molecule has 2 nitrogen and oxygen atoms in total. The summed E-state index contributed by atoms with van der Waals surface area (Å²) in [6.07, 6.45) is 6.38. The lowest BCUT2D eigenvalue weighted by molar-refractivity contribution is 0.793. The SMILES string of the molecule is CC(C=Cc1ccccc1)c1ccc(N(Cc2ccccc2)Cc2ccccc2)cn1. The first-order chi connectivity index (χ1) is 15.3. The van der Waals surface area contributed by atoms with Gasteiger partial charge in [0.15, 0.2) is 0 Å². The topological polar surface area (TPSA) is 16.1 Å². The van der Waals surface area contributed by atoms with E-state index in [-0.39, 0.29) is 5.92 Å². The lowest BCUT2D eigenvalue weighted by Crippen LogP contribution is -2.22. The Morgan fingerprint density at radius 1 is 0.710 bits per heavy atom. The van der Waals surface area contributed by atoms with E-state index in [4.69, 9.17) is 4.98 Å². The number of hydrogen-bond acceptors (Lipinski definition) is 2. The van der Waals surface area contributed by atoms with Crippen LogP contribution in [0.1, 0.15) is 35.2 Å². The van der Waals surface area contributed by atoms with Crippen molar-refractivity contribution >= 4 is 11.8 Å². The molecule has 0 aliphatic heterocycles. The van der Waals surface area contributed by atoms with Crippen molar-refractivity contribution in [2.45, 2.75) is 25.9 Å². The van der Waals surface area contributed by atoms with Crippen molar-refractivity contribution < 1.29 is 0 Å². The first-order valence-corrected chi connectivity index (χ1v) is 10.8. The predicted octanol–water partition coefficient (Wildman–Crippen LogP) is 7.11. The van der Waals surface area contributed by atoms with Crippen LogP contribution in [0.5, 0.6) is 0 Å². The zero-order valence-corrected chi connectivity index (χ0v) is 17.9. The van der Waals surface area contributed by atoms with Gasteiger partial charge in [-0.3, -0.25) is 4.98 Å². The molecule has 0 aliphatic carbocycles. The molecule has 0 spiro atoms. The summed E-state index contributed by atoms with van der Waals surface area (Å²) in [7, 11) is 0. The highest BCUT2D eigenvalue weighted by atomic mass is 15.1. The number of benzene rings is 3. The Hall–Kier alpha value is -3.65. The largest absolute Gasteiger partial charge is 0.362 e. The number of aromatic nitrogens is 1. The molecule has 4 rings (SSSR count). The fourth-order valence-electron chi connectivity index (χ4n) is 3.62. The molecule has 4 aromatic rings. The Morgan fingerprint density at radius 2 is 1.26 bits per heavy atom. The first kappa shape index (κ1) is 20.6. The molecule has 0 saturated carbocycles. The van der Waals surface area contributed by atoms with E-state index in [0.717, 1.165) is 24.5 Å². The van der Waals surface area contributed by atoms with E-state index in [0.29, 0.717) is 0 Å². The molecule has 3 aromatic carbocycles. The van der Waals surface area contributed by atoms with Gasteiger partial charge in [-0.1, -0.05) is 110 Å². The number of allylic oxidation sites excluding steroid dienone is 1. The Balaban J connectivity index is 1.51. The van der Waals surface area contributed by atoms with Crippen LogP contribution in [0.3, 0.4) is 0 Å². The Morgan fingerprint density at radius 3 is 1.77 bits per heavy atom. The highest BCUT2D eigenvalue weighted by Gasteiger charge is 2.11. The number of anilines is 1. The van der Waals surface area contributed by atoms with Gasteiger partial charge in [-0.05, 0) is 28.8 Å². The molecule has 2 heteroatoms. The van der Waals surface area contributed by atoms with E-state index < -0.39 is 0 Å². The standard InChI is InChI=1S/C29H28N2/c1-24(17-18-25-11-5-2-6-12-25)29-20-19-28(21-30-29)31(22-26-13-7-3-8-14-26)23-27-15-9-4-10-16-27/h2-21,24H,22-23H2,1H3. The van der Waals surface area contributed by atoms with Crippen LogP contribution < -0.4 is 4.90 Å².